The van der Waals surface area contributed by atoms with Crippen LogP contribution in [0.3, 0.4) is 0 Å². The maximum atomic E-state index is 13.0. The van der Waals surface area contributed by atoms with Crippen LogP contribution in [0.4, 0.5) is 14.4 Å². The van der Waals surface area contributed by atoms with E-state index >= 15 is 0 Å². The summed E-state index contributed by atoms with van der Waals surface area (Å²) in [5.41, 5.74) is 1.91. The van der Waals surface area contributed by atoms with Gasteiger partial charge in [0, 0.05) is 32.7 Å². The van der Waals surface area contributed by atoms with Gasteiger partial charge >= 0.3 is 18.2 Å². The molecule has 2 saturated heterocycles. The van der Waals surface area contributed by atoms with Crippen molar-refractivity contribution >= 4 is 18.2 Å². The number of hydrogen-bond acceptors (Lipinski definition) is 6. The molecule has 0 saturated carbocycles. The minimum atomic E-state index is -0.685. The highest BCUT2D eigenvalue weighted by molar-refractivity contribution is 5.78. The molecule has 0 aromatic rings. The predicted molar refractivity (Wildman–Crippen MR) is 101 cm³/mol. The van der Waals surface area contributed by atoms with Gasteiger partial charge in [-0.05, 0) is 39.5 Å². The average molecular weight is 400 g/mol. The second-order valence-corrected chi connectivity index (χ2v) is 8.03. The van der Waals surface area contributed by atoms with Gasteiger partial charge in [0.2, 0.25) is 0 Å². The van der Waals surface area contributed by atoms with Crippen LogP contribution >= 0.6 is 0 Å². The summed E-state index contributed by atoms with van der Waals surface area (Å²) < 4.78 is 15.4. The molecule has 10 heteroatoms. The number of piperidine rings is 1. The lowest BCUT2D eigenvalue weighted by Gasteiger charge is -2.37. The van der Waals surface area contributed by atoms with Gasteiger partial charge in [0.15, 0.2) is 0 Å². The molecule has 4 amide bonds. The predicted octanol–water partition coefficient (Wildman–Crippen LogP) is 1.66. The van der Waals surface area contributed by atoms with Gasteiger partial charge in [-0.2, -0.15) is 0 Å². The summed E-state index contributed by atoms with van der Waals surface area (Å²) in [5, 5.41) is 1.30. The lowest BCUT2D eigenvalue weighted by atomic mass is 9.98. The Morgan fingerprint density at radius 3 is 2.43 bits per heavy atom. The first-order chi connectivity index (χ1) is 13.2. The van der Waals surface area contributed by atoms with Crippen LogP contribution in [0, 0.1) is 5.92 Å². The van der Waals surface area contributed by atoms with Gasteiger partial charge in [-0.1, -0.05) is 0 Å². The highest BCUT2D eigenvalue weighted by Crippen LogP contribution is 2.19. The van der Waals surface area contributed by atoms with Crippen molar-refractivity contribution in [3.8, 4) is 0 Å². The number of rotatable bonds is 2. The third kappa shape index (κ3) is 6.74. The van der Waals surface area contributed by atoms with Crippen molar-refractivity contribution < 1.29 is 28.6 Å². The number of carbonyl (C=O) groups excluding carboxylic acids is 3. The summed E-state index contributed by atoms with van der Waals surface area (Å²) >= 11 is 0. The minimum absolute atomic E-state index is 0.0211. The molecule has 160 valence electrons. The zero-order valence-corrected chi connectivity index (χ0v) is 17.2. The first-order valence-corrected chi connectivity index (χ1v) is 9.66. The molecule has 1 N–H and O–H groups in total. The van der Waals surface area contributed by atoms with Crippen LogP contribution in [0.25, 0.3) is 0 Å². The molecule has 2 aliphatic rings. The fourth-order valence-electron chi connectivity index (χ4n) is 3.28. The number of nitrogens with one attached hydrogen (secondary N) is 1. The highest BCUT2D eigenvalue weighted by Gasteiger charge is 2.31. The highest BCUT2D eigenvalue weighted by atomic mass is 16.6. The summed E-state index contributed by atoms with van der Waals surface area (Å²) in [6.07, 6.45) is 0.591. The summed E-state index contributed by atoms with van der Waals surface area (Å²) in [7, 11) is 1.35. The van der Waals surface area contributed by atoms with Crippen molar-refractivity contribution in [3.63, 3.8) is 0 Å². The van der Waals surface area contributed by atoms with Gasteiger partial charge in [0.05, 0.1) is 20.3 Å². The standard InChI is InChI=1S/C18H32N4O6/c1-18(2,3)28-15(23)19-22(16(24)20-8-10-27-11-9-20)13-14-6-5-7-21(12-14)17(25)26-4/h14H,5-13H2,1-4H3,(H,19,23). The Balaban J connectivity index is 2.05. The summed E-state index contributed by atoms with van der Waals surface area (Å²) in [5.74, 6) is 0.0211. The number of ether oxygens (including phenoxy) is 3. The van der Waals surface area contributed by atoms with Crippen molar-refractivity contribution in [2.45, 2.75) is 39.2 Å². The number of amides is 4. The second-order valence-electron chi connectivity index (χ2n) is 8.03. The molecule has 0 radical (unpaired) electrons. The van der Waals surface area contributed by atoms with Crippen molar-refractivity contribution in [2.75, 3.05) is 53.0 Å². The Hall–Kier alpha value is -2.23. The molecule has 0 aromatic carbocycles. The van der Waals surface area contributed by atoms with Gasteiger partial charge in [-0.15, -0.1) is 0 Å². The molecule has 10 nitrogen and oxygen atoms in total. The first-order valence-electron chi connectivity index (χ1n) is 9.66. The van der Waals surface area contributed by atoms with Crippen LogP contribution in [-0.2, 0) is 14.2 Å². The van der Waals surface area contributed by atoms with E-state index in [1.165, 1.54) is 12.1 Å². The number of carbonyl (C=O) groups is 3. The monoisotopic (exact) mass is 400 g/mol. The van der Waals surface area contributed by atoms with Crippen LogP contribution in [0.1, 0.15) is 33.6 Å². The largest absolute Gasteiger partial charge is 0.453 e. The smallest absolute Gasteiger partial charge is 0.426 e. The maximum absolute atomic E-state index is 13.0. The number of hydrogen-bond donors (Lipinski definition) is 1. The summed E-state index contributed by atoms with van der Waals surface area (Å²) in [6.45, 7) is 8.51. The number of hydrazine groups is 1. The zero-order chi connectivity index (χ0) is 20.7. The molecule has 0 bridgehead atoms. The normalized spacial score (nSPS) is 20.4. The number of urea groups is 1. The SMILES string of the molecule is COC(=O)N1CCCC(CN(NC(=O)OC(C)(C)C)C(=O)N2CCOCC2)C1. The van der Waals surface area contributed by atoms with Crippen molar-refractivity contribution in [2.24, 2.45) is 5.92 Å². The Kier molecular flexibility index (Phi) is 7.73. The molecule has 0 aromatic heterocycles. The fourth-order valence-corrected chi connectivity index (χ4v) is 3.28. The van der Waals surface area contributed by atoms with E-state index in [-0.39, 0.29) is 24.6 Å². The second kappa shape index (κ2) is 9.81. The van der Waals surface area contributed by atoms with Crippen LogP contribution in [0.2, 0.25) is 0 Å². The van der Waals surface area contributed by atoms with Crippen LogP contribution in [0.5, 0.6) is 0 Å². The van der Waals surface area contributed by atoms with E-state index in [4.69, 9.17) is 14.2 Å². The number of likely N-dealkylation sites (tertiary alicyclic amines) is 1. The lowest BCUT2D eigenvalue weighted by Crippen LogP contribution is -2.57. The number of methoxy groups -OCH3 is 1. The Labute approximate surface area is 166 Å². The first kappa shape index (κ1) is 22.1. The number of morpholine rings is 1. The van der Waals surface area contributed by atoms with Gasteiger partial charge in [-0.25, -0.2) is 24.8 Å². The van der Waals surface area contributed by atoms with E-state index < -0.39 is 11.7 Å². The van der Waals surface area contributed by atoms with Crippen LogP contribution in [-0.4, -0.2) is 91.7 Å². The van der Waals surface area contributed by atoms with Gasteiger partial charge < -0.3 is 24.0 Å². The van der Waals surface area contributed by atoms with E-state index in [0.717, 1.165) is 12.8 Å². The van der Waals surface area contributed by atoms with E-state index in [9.17, 15) is 14.4 Å². The molecule has 2 fully saturated rings. The van der Waals surface area contributed by atoms with Crippen LogP contribution < -0.4 is 5.43 Å². The van der Waals surface area contributed by atoms with Crippen molar-refractivity contribution in [1.29, 1.82) is 0 Å². The molecule has 0 aliphatic carbocycles. The Morgan fingerprint density at radius 1 is 1.14 bits per heavy atom. The molecule has 2 heterocycles. The van der Waals surface area contributed by atoms with E-state index in [1.54, 1.807) is 30.6 Å². The third-order valence-corrected chi connectivity index (χ3v) is 4.53. The van der Waals surface area contributed by atoms with Gasteiger partial charge in [0.1, 0.15) is 5.60 Å². The molecular weight excluding hydrogens is 368 g/mol. The average Bonchev–Trinajstić information content (AvgIpc) is 2.65. The Bertz CT molecular complexity index is 559. The third-order valence-electron chi connectivity index (χ3n) is 4.53. The van der Waals surface area contributed by atoms with Crippen molar-refractivity contribution in [1.82, 2.24) is 20.2 Å². The molecule has 1 unspecified atom stereocenters. The molecule has 0 spiro atoms. The van der Waals surface area contributed by atoms with Crippen molar-refractivity contribution in [3.05, 3.63) is 0 Å². The summed E-state index contributed by atoms with van der Waals surface area (Å²) in [6, 6.07) is -0.302. The molecule has 2 aliphatic heterocycles. The topological polar surface area (TPSA) is 101 Å². The summed E-state index contributed by atoms with van der Waals surface area (Å²) in [4.78, 5) is 40.3. The fraction of sp³-hybridized carbons (Fsp3) is 0.833. The minimum Gasteiger partial charge on any atom is -0.453 e. The Morgan fingerprint density at radius 2 is 1.82 bits per heavy atom. The van der Waals surface area contributed by atoms with E-state index in [1.807, 2.05) is 0 Å². The molecular formula is C18H32N4O6. The maximum Gasteiger partial charge on any atom is 0.426 e. The van der Waals surface area contributed by atoms with E-state index in [0.29, 0.717) is 39.4 Å². The molecule has 28 heavy (non-hydrogen) atoms. The van der Waals surface area contributed by atoms with Crippen LogP contribution in [0.15, 0.2) is 0 Å². The van der Waals surface area contributed by atoms with Gasteiger partial charge in [0.25, 0.3) is 0 Å². The zero-order valence-electron chi connectivity index (χ0n) is 17.2. The quantitative estimate of drug-likeness (QED) is 0.708. The molecule has 1 atom stereocenters. The number of nitrogens with zero attached hydrogens (tertiary/aromatic N) is 3. The van der Waals surface area contributed by atoms with E-state index in [2.05, 4.69) is 5.43 Å². The van der Waals surface area contributed by atoms with Gasteiger partial charge in [-0.3, -0.25) is 0 Å². The lowest BCUT2D eigenvalue weighted by molar-refractivity contribution is 0.0170. The molecule has 2 rings (SSSR count).